The van der Waals surface area contributed by atoms with Gasteiger partial charge in [-0.25, -0.2) is 15.0 Å². The summed E-state index contributed by atoms with van der Waals surface area (Å²) in [5.41, 5.74) is 10.2. The molecule has 1 spiro atoms. The smallest absolute Gasteiger partial charge is 0.164 e. The predicted molar refractivity (Wildman–Crippen MR) is 200 cm³/mol. The Hall–Kier alpha value is -6.35. The van der Waals surface area contributed by atoms with E-state index in [0.29, 0.717) is 23.0 Å². The van der Waals surface area contributed by atoms with Crippen LogP contribution in [0.25, 0.3) is 56.1 Å². The van der Waals surface area contributed by atoms with Crippen molar-refractivity contribution >= 4 is 22.5 Å². The van der Waals surface area contributed by atoms with E-state index in [1.54, 1.807) is 0 Å². The van der Waals surface area contributed by atoms with Crippen molar-refractivity contribution in [2.75, 3.05) is 0 Å². The molecule has 1 atom stereocenters. The molecule has 0 radical (unpaired) electrons. The SMILES string of the molecule is N#Cc1ccc2cc3c(cc2c1)C1(c2ccccc2Sc2ccc(-c4nc(-c5ccccc5)nc(-c5ccccc5)n4)cc21)c1ccccc1-3. The summed E-state index contributed by atoms with van der Waals surface area (Å²) in [5.74, 6) is 1.90. The standard InChI is InChI=1S/C45H26N4S/c46-27-28-19-20-31-24-35-34-15-7-8-16-36(34)45(38(35)26-33(31)23-28)37-17-9-10-18-40(37)50-41-22-21-32(25-39(41)45)44-48-42(29-11-3-1-4-12-29)47-43(49-44)30-13-5-2-6-14-30/h1-26H. The molecular weight excluding hydrogens is 629 g/mol. The molecule has 5 heteroatoms. The van der Waals surface area contributed by atoms with E-state index in [9.17, 15) is 5.26 Å². The highest BCUT2D eigenvalue weighted by Gasteiger charge is 2.50. The minimum absolute atomic E-state index is 0.590. The van der Waals surface area contributed by atoms with E-state index in [-0.39, 0.29) is 0 Å². The Balaban J connectivity index is 1.27. The first kappa shape index (κ1) is 28.6. The second-order valence-electron chi connectivity index (χ2n) is 12.7. The molecule has 8 aromatic rings. The predicted octanol–water partition coefficient (Wildman–Crippen LogP) is 10.7. The third kappa shape index (κ3) is 4.22. The maximum absolute atomic E-state index is 9.79. The Morgan fingerprint density at radius 3 is 1.78 bits per heavy atom. The molecule has 0 fully saturated rings. The molecule has 2 aliphatic rings. The molecule has 50 heavy (non-hydrogen) atoms. The molecule has 1 unspecified atom stereocenters. The molecule has 0 N–H and O–H groups in total. The van der Waals surface area contributed by atoms with Crippen LogP contribution in [0.15, 0.2) is 168 Å². The first-order valence-corrected chi connectivity index (χ1v) is 17.4. The Kier molecular flexibility index (Phi) is 6.36. The van der Waals surface area contributed by atoms with Crippen LogP contribution in [0.3, 0.4) is 0 Å². The molecule has 1 aliphatic carbocycles. The van der Waals surface area contributed by atoms with Gasteiger partial charge < -0.3 is 0 Å². The largest absolute Gasteiger partial charge is 0.208 e. The van der Waals surface area contributed by atoms with Gasteiger partial charge in [-0.1, -0.05) is 127 Å². The van der Waals surface area contributed by atoms with Crippen molar-refractivity contribution in [1.29, 1.82) is 5.26 Å². The average Bonchev–Trinajstić information content (AvgIpc) is 3.46. The lowest BCUT2D eigenvalue weighted by Crippen LogP contribution is -2.32. The highest BCUT2D eigenvalue weighted by molar-refractivity contribution is 7.99. The highest BCUT2D eigenvalue weighted by atomic mass is 32.2. The number of fused-ring (bicyclic) bond motifs is 10. The van der Waals surface area contributed by atoms with Crippen LogP contribution in [0, 0.1) is 11.3 Å². The molecule has 232 valence electrons. The molecule has 1 aromatic heterocycles. The van der Waals surface area contributed by atoms with Crippen LogP contribution < -0.4 is 0 Å². The van der Waals surface area contributed by atoms with Gasteiger partial charge in [0, 0.05) is 26.5 Å². The fourth-order valence-corrected chi connectivity index (χ4v) is 8.96. The number of hydrogen-bond acceptors (Lipinski definition) is 5. The number of aromatic nitrogens is 3. The van der Waals surface area contributed by atoms with Crippen molar-refractivity contribution in [3.8, 4) is 51.4 Å². The van der Waals surface area contributed by atoms with E-state index in [0.717, 1.165) is 27.5 Å². The number of hydrogen-bond donors (Lipinski definition) is 0. The van der Waals surface area contributed by atoms with E-state index in [4.69, 9.17) is 15.0 Å². The molecule has 0 bridgehead atoms. The van der Waals surface area contributed by atoms with Gasteiger partial charge in [0.15, 0.2) is 17.5 Å². The van der Waals surface area contributed by atoms with Crippen molar-refractivity contribution in [2.45, 2.75) is 15.2 Å². The van der Waals surface area contributed by atoms with E-state index in [2.05, 4.69) is 91.0 Å². The van der Waals surface area contributed by atoms with Crippen LogP contribution >= 0.6 is 11.8 Å². The van der Waals surface area contributed by atoms with Gasteiger partial charge in [0.25, 0.3) is 0 Å². The van der Waals surface area contributed by atoms with Gasteiger partial charge in [-0.15, -0.1) is 0 Å². The van der Waals surface area contributed by atoms with Crippen molar-refractivity contribution in [1.82, 2.24) is 15.0 Å². The minimum Gasteiger partial charge on any atom is -0.208 e. The minimum atomic E-state index is -0.590. The zero-order valence-corrected chi connectivity index (χ0v) is 27.5. The zero-order chi connectivity index (χ0) is 33.2. The summed E-state index contributed by atoms with van der Waals surface area (Å²) in [6.45, 7) is 0. The summed E-state index contributed by atoms with van der Waals surface area (Å²) in [6, 6.07) is 57.4. The van der Waals surface area contributed by atoms with Crippen LogP contribution in [0.1, 0.15) is 27.8 Å². The van der Waals surface area contributed by atoms with Crippen molar-refractivity contribution in [3.05, 3.63) is 186 Å². The molecule has 0 saturated carbocycles. The Morgan fingerprint density at radius 2 is 1.06 bits per heavy atom. The molecule has 1 aliphatic heterocycles. The maximum Gasteiger partial charge on any atom is 0.164 e. The van der Waals surface area contributed by atoms with Crippen LogP contribution in [-0.2, 0) is 5.41 Å². The summed E-state index contributed by atoms with van der Waals surface area (Å²) in [5, 5.41) is 12.0. The fraction of sp³-hybridized carbons (Fsp3) is 0.0222. The van der Waals surface area contributed by atoms with Gasteiger partial charge in [-0.05, 0) is 86.6 Å². The topological polar surface area (TPSA) is 62.5 Å². The Labute approximate surface area is 293 Å². The first-order valence-electron chi connectivity index (χ1n) is 16.6. The lowest BCUT2D eigenvalue weighted by atomic mass is 9.67. The Morgan fingerprint density at radius 1 is 0.440 bits per heavy atom. The monoisotopic (exact) mass is 654 g/mol. The summed E-state index contributed by atoms with van der Waals surface area (Å²) >= 11 is 1.81. The normalized spacial score (nSPS) is 15.2. The van der Waals surface area contributed by atoms with Crippen LogP contribution in [0.4, 0.5) is 0 Å². The lowest BCUT2D eigenvalue weighted by Gasteiger charge is -2.40. The number of rotatable bonds is 3. The van der Waals surface area contributed by atoms with E-state index >= 15 is 0 Å². The maximum atomic E-state index is 9.79. The van der Waals surface area contributed by atoms with Crippen molar-refractivity contribution in [2.24, 2.45) is 0 Å². The summed E-state index contributed by atoms with van der Waals surface area (Å²) in [6.07, 6.45) is 0. The van der Waals surface area contributed by atoms with E-state index in [1.807, 2.05) is 84.6 Å². The molecule has 7 aromatic carbocycles. The highest BCUT2D eigenvalue weighted by Crippen LogP contribution is 2.62. The molecule has 0 amide bonds. The lowest BCUT2D eigenvalue weighted by molar-refractivity contribution is 0.723. The average molecular weight is 655 g/mol. The summed E-state index contributed by atoms with van der Waals surface area (Å²) < 4.78 is 0. The zero-order valence-electron chi connectivity index (χ0n) is 26.7. The Bertz CT molecular complexity index is 2640. The third-order valence-corrected chi connectivity index (χ3v) is 11.1. The van der Waals surface area contributed by atoms with E-state index in [1.165, 1.54) is 43.2 Å². The van der Waals surface area contributed by atoms with Gasteiger partial charge in [0.2, 0.25) is 0 Å². The summed E-state index contributed by atoms with van der Waals surface area (Å²) in [7, 11) is 0. The van der Waals surface area contributed by atoms with Crippen LogP contribution in [-0.4, -0.2) is 15.0 Å². The number of benzene rings is 7. The molecule has 4 nitrogen and oxygen atoms in total. The quantitative estimate of drug-likeness (QED) is 0.190. The van der Waals surface area contributed by atoms with Crippen molar-refractivity contribution in [3.63, 3.8) is 0 Å². The number of nitrogens with zero attached hydrogens (tertiary/aromatic N) is 4. The van der Waals surface area contributed by atoms with Gasteiger partial charge in [-0.2, -0.15) is 5.26 Å². The molecule has 10 rings (SSSR count). The van der Waals surface area contributed by atoms with Crippen LogP contribution in [0.5, 0.6) is 0 Å². The second-order valence-corrected chi connectivity index (χ2v) is 13.8. The molecule has 2 heterocycles. The molecular formula is C45H26N4S. The van der Waals surface area contributed by atoms with Gasteiger partial charge in [0.1, 0.15) is 0 Å². The van der Waals surface area contributed by atoms with Gasteiger partial charge in [0.05, 0.1) is 17.0 Å². The fourth-order valence-electron chi connectivity index (χ4n) is 7.79. The van der Waals surface area contributed by atoms with Crippen molar-refractivity contribution < 1.29 is 0 Å². The molecule has 0 saturated heterocycles. The first-order chi connectivity index (χ1) is 24.7. The summed E-state index contributed by atoms with van der Waals surface area (Å²) in [4.78, 5) is 17.6. The van der Waals surface area contributed by atoms with Gasteiger partial charge in [-0.3, -0.25) is 0 Å². The van der Waals surface area contributed by atoms with Crippen LogP contribution in [0.2, 0.25) is 0 Å². The van der Waals surface area contributed by atoms with Gasteiger partial charge >= 0.3 is 0 Å². The number of nitriles is 1. The second kappa shape index (κ2) is 11.1. The third-order valence-electron chi connectivity index (χ3n) is 9.98. The van der Waals surface area contributed by atoms with E-state index < -0.39 is 5.41 Å².